The van der Waals surface area contributed by atoms with Gasteiger partial charge in [0.25, 0.3) is 0 Å². The van der Waals surface area contributed by atoms with E-state index in [4.69, 9.17) is 5.11 Å². The summed E-state index contributed by atoms with van der Waals surface area (Å²) < 4.78 is 13.6. The lowest BCUT2D eigenvalue weighted by Gasteiger charge is -2.05. The van der Waals surface area contributed by atoms with Gasteiger partial charge >= 0.3 is 5.97 Å². The van der Waals surface area contributed by atoms with Crippen LogP contribution in [-0.4, -0.2) is 16.1 Å². The van der Waals surface area contributed by atoms with E-state index in [1.54, 1.807) is 12.3 Å². The molecule has 2 aromatic carbocycles. The van der Waals surface area contributed by atoms with Crippen LogP contribution < -0.4 is 0 Å². The molecule has 0 fully saturated rings. The Balaban J connectivity index is 1.88. The molecule has 0 aliphatic heterocycles. The number of fused-ring (bicyclic) bond motifs is 2. The molecule has 1 aliphatic rings. The van der Waals surface area contributed by atoms with Crippen LogP contribution in [0.25, 0.3) is 28.1 Å². The number of nitrogens with zero attached hydrogens (tertiary/aromatic N) is 1. The zero-order valence-corrected chi connectivity index (χ0v) is 13.2. The molecule has 1 aromatic heterocycles. The van der Waals surface area contributed by atoms with E-state index in [0.29, 0.717) is 11.1 Å². The van der Waals surface area contributed by atoms with Gasteiger partial charge in [-0.25, -0.2) is 4.39 Å². The van der Waals surface area contributed by atoms with E-state index in [9.17, 15) is 9.18 Å². The van der Waals surface area contributed by atoms with E-state index in [1.165, 1.54) is 12.1 Å². The molecule has 1 aliphatic carbocycles. The number of carbonyl (C=O) groups is 1. The van der Waals surface area contributed by atoms with Crippen molar-refractivity contribution in [2.75, 3.05) is 0 Å². The summed E-state index contributed by atoms with van der Waals surface area (Å²) in [6.07, 6.45) is 5.40. The first-order valence-electron chi connectivity index (χ1n) is 7.90. The first-order valence-corrected chi connectivity index (χ1v) is 7.90. The van der Waals surface area contributed by atoms with Gasteiger partial charge in [-0.2, -0.15) is 0 Å². The number of carboxylic acid groups (broad SMARTS) is 1. The third kappa shape index (κ3) is 2.83. The fraction of sp³-hybridized carbons (Fsp3) is 0.0476. The van der Waals surface area contributed by atoms with Gasteiger partial charge in [-0.05, 0) is 52.6 Å². The van der Waals surface area contributed by atoms with Crippen LogP contribution in [0.3, 0.4) is 0 Å². The lowest BCUT2D eigenvalue weighted by molar-refractivity contribution is -0.135. The number of aliphatic carboxylic acids is 1. The number of hydrogen-bond donors (Lipinski definition) is 1. The highest BCUT2D eigenvalue weighted by atomic mass is 19.1. The molecule has 0 amide bonds. The minimum absolute atomic E-state index is 0.137. The molecule has 122 valence electrons. The average Bonchev–Trinajstić information content (AvgIpc) is 2.91. The van der Waals surface area contributed by atoms with Crippen molar-refractivity contribution in [3.8, 4) is 0 Å². The van der Waals surface area contributed by atoms with Crippen molar-refractivity contribution in [2.45, 2.75) is 6.42 Å². The average molecular weight is 331 g/mol. The van der Waals surface area contributed by atoms with Crippen LogP contribution in [0.2, 0.25) is 0 Å². The highest BCUT2D eigenvalue weighted by Gasteiger charge is 2.21. The van der Waals surface area contributed by atoms with Crippen LogP contribution in [0.15, 0.2) is 60.8 Å². The van der Waals surface area contributed by atoms with Crippen molar-refractivity contribution in [3.05, 3.63) is 83.3 Å². The minimum atomic E-state index is -0.936. The molecular formula is C21H14FNO2. The van der Waals surface area contributed by atoms with Gasteiger partial charge in [0.05, 0.1) is 11.9 Å². The number of para-hydroxylation sites is 1. The van der Waals surface area contributed by atoms with E-state index in [1.807, 2.05) is 42.5 Å². The normalized spacial score (nSPS) is 14.6. The molecule has 4 rings (SSSR count). The molecule has 0 unspecified atom stereocenters. The van der Waals surface area contributed by atoms with Gasteiger partial charge in [0, 0.05) is 17.1 Å². The van der Waals surface area contributed by atoms with Gasteiger partial charge in [0.15, 0.2) is 0 Å². The third-order valence-electron chi connectivity index (χ3n) is 4.28. The molecule has 0 bridgehead atoms. The quantitative estimate of drug-likeness (QED) is 0.751. The fourth-order valence-electron chi connectivity index (χ4n) is 3.22. The number of benzene rings is 2. The summed E-state index contributed by atoms with van der Waals surface area (Å²) >= 11 is 0. The first kappa shape index (κ1) is 15.3. The number of carboxylic acids is 1. The molecule has 0 radical (unpaired) electrons. The monoisotopic (exact) mass is 331 g/mol. The summed E-state index contributed by atoms with van der Waals surface area (Å²) in [4.78, 5) is 15.6. The predicted molar refractivity (Wildman–Crippen MR) is 96.2 cm³/mol. The third-order valence-corrected chi connectivity index (χ3v) is 4.28. The minimum Gasteiger partial charge on any atom is -0.481 e. The SMILES string of the molecule is O=C(O)CC1=CC(=Cc2cccc3cccnc23)c2ccc(F)cc21. The Morgan fingerprint density at radius 2 is 1.96 bits per heavy atom. The van der Waals surface area contributed by atoms with Gasteiger partial charge < -0.3 is 5.11 Å². The van der Waals surface area contributed by atoms with E-state index in [0.717, 1.165) is 27.6 Å². The molecule has 1 N–H and O–H groups in total. The van der Waals surface area contributed by atoms with Gasteiger partial charge in [0.1, 0.15) is 5.82 Å². The number of allylic oxidation sites excluding steroid dienone is 2. The molecule has 3 nitrogen and oxygen atoms in total. The first-order chi connectivity index (χ1) is 12.1. The molecule has 3 aromatic rings. The Kier molecular flexibility index (Phi) is 3.65. The van der Waals surface area contributed by atoms with Crippen LogP contribution >= 0.6 is 0 Å². The summed E-state index contributed by atoms with van der Waals surface area (Å²) in [6.45, 7) is 0. The van der Waals surface area contributed by atoms with Crippen molar-refractivity contribution >= 4 is 34.1 Å². The van der Waals surface area contributed by atoms with Gasteiger partial charge in [-0.1, -0.05) is 30.3 Å². The predicted octanol–water partition coefficient (Wildman–Crippen LogP) is 4.79. The standard InChI is InChI=1S/C21H14FNO2/c22-17-6-7-18-15(10-16(11-20(24)25)19(18)12-17)9-14-4-1-3-13-5-2-8-23-21(13)14/h1-10,12H,11H2,(H,24,25). The highest BCUT2D eigenvalue weighted by Crippen LogP contribution is 2.38. The molecule has 0 saturated heterocycles. The van der Waals surface area contributed by atoms with Crippen LogP contribution in [0.1, 0.15) is 23.1 Å². The second-order valence-corrected chi connectivity index (χ2v) is 5.95. The summed E-state index contributed by atoms with van der Waals surface area (Å²) in [7, 11) is 0. The molecular weight excluding hydrogens is 317 g/mol. The van der Waals surface area contributed by atoms with Crippen molar-refractivity contribution in [3.63, 3.8) is 0 Å². The van der Waals surface area contributed by atoms with E-state index >= 15 is 0 Å². The maximum atomic E-state index is 13.6. The highest BCUT2D eigenvalue weighted by molar-refractivity contribution is 6.06. The van der Waals surface area contributed by atoms with E-state index in [-0.39, 0.29) is 12.2 Å². The lowest BCUT2D eigenvalue weighted by Crippen LogP contribution is -1.96. The molecule has 1 heterocycles. The lowest BCUT2D eigenvalue weighted by atomic mass is 10.0. The molecule has 0 spiro atoms. The largest absolute Gasteiger partial charge is 0.481 e. The van der Waals surface area contributed by atoms with Crippen LogP contribution in [0, 0.1) is 5.82 Å². The summed E-state index contributed by atoms with van der Waals surface area (Å²) in [6, 6.07) is 14.3. The summed E-state index contributed by atoms with van der Waals surface area (Å²) in [5, 5.41) is 10.2. The van der Waals surface area contributed by atoms with Crippen molar-refractivity contribution in [1.29, 1.82) is 0 Å². The van der Waals surface area contributed by atoms with Crippen LogP contribution in [-0.2, 0) is 4.79 Å². The van der Waals surface area contributed by atoms with Crippen LogP contribution in [0.5, 0.6) is 0 Å². The Morgan fingerprint density at radius 3 is 2.80 bits per heavy atom. The molecule has 25 heavy (non-hydrogen) atoms. The molecule has 0 atom stereocenters. The Hall–Kier alpha value is -3.27. The van der Waals surface area contributed by atoms with Gasteiger partial charge in [0.2, 0.25) is 0 Å². The van der Waals surface area contributed by atoms with E-state index < -0.39 is 5.97 Å². The zero-order valence-electron chi connectivity index (χ0n) is 13.2. The number of halogens is 1. The summed E-state index contributed by atoms with van der Waals surface area (Å²) in [5.74, 6) is -1.31. The van der Waals surface area contributed by atoms with E-state index in [2.05, 4.69) is 4.98 Å². The summed E-state index contributed by atoms with van der Waals surface area (Å²) in [5.41, 5.74) is 4.77. The smallest absolute Gasteiger partial charge is 0.307 e. The zero-order chi connectivity index (χ0) is 17.4. The maximum Gasteiger partial charge on any atom is 0.307 e. The number of hydrogen-bond acceptors (Lipinski definition) is 2. The Labute approximate surface area is 143 Å². The van der Waals surface area contributed by atoms with Gasteiger partial charge in [-0.15, -0.1) is 0 Å². The second-order valence-electron chi connectivity index (χ2n) is 5.95. The number of pyridine rings is 1. The Morgan fingerprint density at radius 1 is 1.12 bits per heavy atom. The second kappa shape index (κ2) is 5.98. The van der Waals surface area contributed by atoms with Crippen molar-refractivity contribution in [2.24, 2.45) is 0 Å². The van der Waals surface area contributed by atoms with Crippen molar-refractivity contribution in [1.82, 2.24) is 4.98 Å². The topological polar surface area (TPSA) is 50.2 Å². The molecule has 4 heteroatoms. The number of aromatic nitrogens is 1. The van der Waals surface area contributed by atoms with Crippen LogP contribution in [0.4, 0.5) is 4.39 Å². The van der Waals surface area contributed by atoms with Gasteiger partial charge in [-0.3, -0.25) is 9.78 Å². The molecule has 0 saturated carbocycles. The maximum absolute atomic E-state index is 13.6. The number of rotatable bonds is 3. The fourth-order valence-corrected chi connectivity index (χ4v) is 3.22. The Bertz CT molecular complexity index is 1060. The van der Waals surface area contributed by atoms with Crippen molar-refractivity contribution < 1.29 is 14.3 Å².